The van der Waals surface area contributed by atoms with Crippen molar-refractivity contribution in [3.8, 4) is 0 Å². The van der Waals surface area contributed by atoms with E-state index in [1.165, 1.54) is 0 Å². The normalized spacial score (nSPS) is 34.5. The first-order valence-electron chi connectivity index (χ1n) is 4.17. The molecule has 0 aliphatic carbocycles. The summed E-state index contributed by atoms with van der Waals surface area (Å²) in [5, 5.41) is 11.4. The molecule has 13 heavy (non-hydrogen) atoms. The quantitative estimate of drug-likeness (QED) is 0.571. The van der Waals surface area contributed by atoms with Crippen molar-refractivity contribution in [2.45, 2.75) is 24.9 Å². The standard InChI is InChI=1S/C8H14N2O3/c1-6-3-8(7(12)13,9-5-11)4-10(6)2/h5-6H,3-4H2,1-2H3,(H,9,11)(H,12,13). The Morgan fingerprint density at radius 3 is 2.69 bits per heavy atom. The van der Waals surface area contributed by atoms with Gasteiger partial charge in [-0.05, 0) is 20.4 Å². The van der Waals surface area contributed by atoms with E-state index in [1.54, 1.807) is 0 Å². The maximum atomic E-state index is 11.0. The number of rotatable bonds is 3. The molecule has 0 saturated carbocycles. The van der Waals surface area contributed by atoms with Crippen molar-refractivity contribution < 1.29 is 14.7 Å². The molecule has 1 aliphatic rings. The van der Waals surface area contributed by atoms with E-state index in [1.807, 2.05) is 18.9 Å². The van der Waals surface area contributed by atoms with Crippen LogP contribution in [0.3, 0.4) is 0 Å². The summed E-state index contributed by atoms with van der Waals surface area (Å²) in [6, 6.07) is 0.184. The van der Waals surface area contributed by atoms with E-state index in [-0.39, 0.29) is 6.04 Å². The molecule has 1 rings (SSSR count). The van der Waals surface area contributed by atoms with Gasteiger partial charge in [-0.2, -0.15) is 0 Å². The topological polar surface area (TPSA) is 69.6 Å². The number of hydrogen-bond donors (Lipinski definition) is 2. The summed E-state index contributed by atoms with van der Waals surface area (Å²) in [6.07, 6.45) is 0.914. The molecule has 2 atom stereocenters. The van der Waals surface area contributed by atoms with Gasteiger partial charge in [0.15, 0.2) is 5.54 Å². The molecule has 0 radical (unpaired) electrons. The maximum absolute atomic E-state index is 11.0. The maximum Gasteiger partial charge on any atom is 0.330 e. The van der Waals surface area contributed by atoms with Gasteiger partial charge in [-0.15, -0.1) is 0 Å². The van der Waals surface area contributed by atoms with Gasteiger partial charge in [0.1, 0.15) is 0 Å². The van der Waals surface area contributed by atoms with Crippen molar-refractivity contribution >= 4 is 12.4 Å². The Bertz CT molecular complexity index is 219. The third kappa shape index (κ3) is 1.65. The Kier molecular flexibility index (Phi) is 2.56. The zero-order valence-corrected chi connectivity index (χ0v) is 7.78. The number of nitrogens with one attached hydrogen (secondary N) is 1. The van der Waals surface area contributed by atoms with E-state index in [4.69, 9.17) is 5.11 Å². The van der Waals surface area contributed by atoms with Gasteiger partial charge >= 0.3 is 5.97 Å². The van der Waals surface area contributed by atoms with Crippen LogP contribution in [0.5, 0.6) is 0 Å². The molecule has 1 fully saturated rings. The molecule has 0 aromatic rings. The average Bonchev–Trinajstić information content (AvgIpc) is 2.29. The zero-order chi connectivity index (χ0) is 10.1. The number of likely N-dealkylation sites (N-methyl/N-ethyl adjacent to an activating group) is 1. The summed E-state index contributed by atoms with van der Waals surface area (Å²) in [7, 11) is 1.85. The monoisotopic (exact) mass is 186 g/mol. The highest BCUT2D eigenvalue weighted by atomic mass is 16.4. The largest absolute Gasteiger partial charge is 0.479 e. The lowest BCUT2D eigenvalue weighted by atomic mass is 9.97. The van der Waals surface area contributed by atoms with Crippen LogP contribution in [0.25, 0.3) is 0 Å². The number of nitrogens with zero attached hydrogens (tertiary/aromatic N) is 1. The molecular formula is C8H14N2O3. The van der Waals surface area contributed by atoms with Crippen LogP contribution in [0.1, 0.15) is 13.3 Å². The Labute approximate surface area is 76.7 Å². The van der Waals surface area contributed by atoms with E-state index >= 15 is 0 Å². The van der Waals surface area contributed by atoms with Crippen molar-refractivity contribution in [1.29, 1.82) is 0 Å². The van der Waals surface area contributed by atoms with E-state index in [0.717, 1.165) is 0 Å². The Morgan fingerprint density at radius 2 is 2.38 bits per heavy atom. The van der Waals surface area contributed by atoms with Gasteiger partial charge in [0.25, 0.3) is 0 Å². The van der Waals surface area contributed by atoms with Gasteiger partial charge in [-0.25, -0.2) is 4.79 Å². The first-order valence-corrected chi connectivity index (χ1v) is 4.17. The van der Waals surface area contributed by atoms with Crippen LogP contribution in [0.15, 0.2) is 0 Å². The molecule has 74 valence electrons. The number of likely N-dealkylation sites (tertiary alicyclic amines) is 1. The van der Waals surface area contributed by atoms with Crippen molar-refractivity contribution in [1.82, 2.24) is 10.2 Å². The molecule has 5 heteroatoms. The van der Waals surface area contributed by atoms with Gasteiger partial charge in [-0.1, -0.05) is 0 Å². The van der Waals surface area contributed by atoms with Gasteiger partial charge in [0.2, 0.25) is 6.41 Å². The second-order valence-corrected chi connectivity index (χ2v) is 3.62. The molecule has 2 N–H and O–H groups in total. The fourth-order valence-electron chi connectivity index (χ4n) is 1.74. The molecule has 1 heterocycles. The number of carbonyl (C=O) groups excluding carboxylic acids is 1. The Balaban J connectivity index is 2.82. The number of aliphatic carboxylic acids is 1. The number of carboxylic acid groups (broad SMARTS) is 1. The van der Waals surface area contributed by atoms with Gasteiger partial charge in [0.05, 0.1) is 0 Å². The zero-order valence-electron chi connectivity index (χ0n) is 7.78. The van der Waals surface area contributed by atoms with Crippen molar-refractivity contribution in [2.24, 2.45) is 0 Å². The van der Waals surface area contributed by atoms with Gasteiger partial charge < -0.3 is 15.3 Å². The second-order valence-electron chi connectivity index (χ2n) is 3.62. The minimum Gasteiger partial charge on any atom is -0.479 e. The fourth-order valence-corrected chi connectivity index (χ4v) is 1.74. The summed E-state index contributed by atoms with van der Waals surface area (Å²) in [6.45, 7) is 2.30. The molecule has 1 saturated heterocycles. The molecule has 1 amide bonds. The van der Waals surface area contributed by atoms with Crippen LogP contribution in [0, 0.1) is 0 Å². The van der Waals surface area contributed by atoms with Crippen molar-refractivity contribution in [2.75, 3.05) is 13.6 Å². The van der Waals surface area contributed by atoms with Crippen LogP contribution in [0.2, 0.25) is 0 Å². The van der Waals surface area contributed by atoms with Crippen LogP contribution in [-0.2, 0) is 9.59 Å². The van der Waals surface area contributed by atoms with Gasteiger partial charge in [-0.3, -0.25) is 4.79 Å². The summed E-state index contributed by atoms with van der Waals surface area (Å²) >= 11 is 0. The molecule has 5 nitrogen and oxygen atoms in total. The van der Waals surface area contributed by atoms with Crippen molar-refractivity contribution in [3.05, 3.63) is 0 Å². The SMILES string of the molecule is CC1CC(NC=O)(C(=O)O)CN1C. The number of amides is 1. The number of hydrogen-bond acceptors (Lipinski definition) is 3. The van der Waals surface area contributed by atoms with Crippen LogP contribution in [0.4, 0.5) is 0 Å². The highest BCUT2D eigenvalue weighted by Gasteiger charge is 2.46. The summed E-state index contributed by atoms with van der Waals surface area (Å²) in [4.78, 5) is 23.2. The smallest absolute Gasteiger partial charge is 0.330 e. The first kappa shape index (κ1) is 9.98. The molecular weight excluding hydrogens is 172 g/mol. The van der Waals surface area contributed by atoms with E-state index in [9.17, 15) is 9.59 Å². The van der Waals surface area contributed by atoms with Crippen LogP contribution < -0.4 is 5.32 Å². The summed E-state index contributed by atoms with van der Waals surface area (Å²) in [5.74, 6) is -0.962. The lowest BCUT2D eigenvalue weighted by Gasteiger charge is -2.22. The Hall–Kier alpha value is -1.10. The highest BCUT2D eigenvalue weighted by molar-refractivity contribution is 5.82. The molecule has 2 unspecified atom stereocenters. The minimum atomic E-state index is -1.09. The predicted molar refractivity (Wildman–Crippen MR) is 46.3 cm³/mol. The number of carbonyl (C=O) groups is 2. The summed E-state index contributed by atoms with van der Waals surface area (Å²) < 4.78 is 0. The predicted octanol–water partition coefficient (Wildman–Crippen LogP) is -0.720. The average molecular weight is 186 g/mol. The van der Waals surface area contributed by atoms with E-state index in [0.29, 0.717) is 19.4 Å². The summed E-state index contributed by atoms with van der Waals surface area (Å²) in [5.41, 5.74) is -1.09. The lowest BCUT2D eigenvalue weighted by Crippen LogP contribution is -2.53. The fraction of sp³-hybridized carbons (Fsp3) is 0.750. The number of carboxylic acids is 1. The molecule has 0 aromatic heterocycles. The van der Waals surface area contributed by atoms with Gasteiger partial charge in [0, 0.05) is 12.6 Å². The lowest BCUT2D eigenvalue weighted by molar-refractivity contribution is -0.145. The molecule has 1 aliphatic heterocycles. The van der Waals surface area contributed by atoms with Crippen LogP contribution in [-0.4, -0.2) is 47.6 Å². The molecule has 0 spiro atoms. The first-order chi connectivity index (χ1) is 6.02. The highest BCUT2D eigenvalue weighted by Crippen LogP contribution is 2.25. The molecule has 0 aromatic carbocycles. The minimum absolute atomic E-state index is 0.184. The molecule has 0 bridgehead atoms. The Morgan fingerprint density at radius 1 is 1.77 bits per heavy atom. The third-order valence-electron chi connectivity index (χ3n) is 2.66. The third-order valence-corrected chi connectivity index (χ3v) is 2.66. The van der Waals surface area contributed by atoms with Crippen LogP contribution >= 0.6 is 0 Å². The van der Waals surface area contributed by atoms with E-state index < -0.39 is 11.5 Å². The second kappa shape index (κ2) is 3.33. The van der Waals surface area contributed by atoms with Crippen molar-refractivity contribution in [3.63, 3.8) is 0 Å². The van der Waals surface area contributed by atoms with E-state index in [2.05, 4.69) is 5.32 Å².